The molecule has 1 aliphatic rings. The lowest BCUT2D eigenvalue weighted by Gasteiger charge is -2.10. The Kier molecular flexibility index (Phi) is 3.61. The number of aromatic nitrogens is 3. The number of anilines is 1. The first-order valence-corrected chi connectivity index (χ1v) is 9.05. The van der Waals surface area contributed by atoms with Gasteiger partial charge in [-0.2, -0.15) is 5.10 Å². The molecule has 0 radical (unpaired) electrons. The van der Waals surface area contributed by atoms with E-state index in [1.54, 1.807) is 6.20 Å². The van der Waals surface area contributed by atoms with Crippen LogP contribution in [0.25, 0.3) is 5.52 Å². The molecule has 0 aromatic carbocycles. The zero-order valence-corrected chi connectivity index (χ0v) is 13.1. The molecule has 2 aromatic heterocycles. The molecule has 0 spiro atoms. The fourth-order valence-electron chi connectivity index (χ4n) is 2.63. The standard InChI is InChI=1S/C14H20N4O2S/c1-10(2)12-7-13-14(15-4-5-18(13)17-12)16-8-11-3-6-21(19,20)9-11/h4-5,7,10-11H,3,6,8-9H2,1-2H3,(H,15,16). The van der Waals surface area contributed by atoms with Crippen molar-refractivity contribution >= 4 is 21.2 Å². The van der Waals surface area contributed by atoms with Crippen LogP contribution in [0.4, 0.5) is 5.82 Å². The van der Waals surface area contributed by atoms with Crippen molar-refractivity contribution in [1.82, 2.24) is 14.6 Å². The second-order valence-electron chi connectivity index (χ2n) is 5.98. The van der Waals surface area contributed by atoms with E-state index < -0.39 is 9.84 Å². The largest absolute Gasteiger partial charge is 0.368 e. The Balaban J connectivity index is 1.78. The molecule has 3 rings (SSSR count). The summed E-state index contributed by atoms with van der Waals surface area (Å²) in [4.78, 5) is 4.36. The minimum absolute atomic E-state index is 0.171. The van der Waals surface area contributed by atoms with Gasteiger partial charge in [0, 0.05) is 18.9 Å². The first-order valence-electron chi connectivity index (χ1n) is 7.23. The van der Waals surface area contributed by atoms with Gasteiger partial charge in [-0.15, -0.1) is 0 Å². The van der Waals surface area contributed by atoms with Gasteiger partial charge in [0.1, 0.15) is 5.52 Å². The van der Waals surface area contributed by atoms with E-state index >= 15 is 0 Å². The maximum absolute atomic E-state index is 11.5. The molecule has 0 saturated carbocycles. The fraction of sp³-hybridized carbons (Fsp3) is 0.571. The van der Waals surface area contributed by atoms with Gasteiger partial charge in [0.2, 0.25) is 0 Å². The first-order chi connectivity index (χ1) is 9.94. The Hall–Kier alpha value is -1.63. The molecule has 0 aliphatic carbocycles. The number of nitrogens with zero attached hydrogens (tertiary/aromatic N) is 3. The number of hydrogen-bond donors (Lipinski definition) is 1. The monoisotopic (exact) mass is 308 g/mol. The molecule has 1 aliphatic heterocycles. The maximum Gasteiger partial charge on any atom is 0.152 e. The Morgan fingerprint density at radius 3 is 2.95 bits per heavy atom. The number of nitrogens with one attached hydrogen (secondary N) is 1. The van der Waals surface area contributed by atoms with E-state index in [9.17, 15) is 8.42 Å². The fourth-order valence-corrected chi connectivity index (χ4v) is 4.50. The third-order valence-corrected chi connectivity index (χ3v) is 5.72. The van der Waals surface area contributed by atoms with E-state index in [4.69, 9.17) is 0 Å². The lowest BCUT2D eigenvalue weighted by Crippen LogP contribution is -2.16. The molecule has 3 heterocycles. The molecule has 6 nitrogen and oxygen atoms in total. The van der Waals surface area contributed by atoms with Crippen LogP contribution in [0, 0.1) is 5.92 Å². The lowest BCUT2D eigenvalue weighted by molar-refractivity contribution is 0.595. The molecule has 1 saturated heterocycles. The van der Waals surface area contributed by atoms with E-state index in [1.807, 2.05) is 16.8 Å². The molecular formula is C14H20N4O2S. The van der Waals surface area contributed by atoms with Crippen LogP contribution < -0.4 is 5.32 Å². The van der Waals surface area contributed by atoms with Crippen molar-refractivity contribution in [3.05, 3.63) is 24.2 Å². The van der Waals surface area contributed by atoms with Crippen LogP contribution in [-0.4, -0.2) is 41.1 Å². The predicted octanol–water partition coefficient (Wildman–Crippen LogP) is 1.70. The van der Waals surface area contributed by atoms with Crippen molar-refractivity contribution in [2.45, 2.75) is 26.2 Å². The summed E-state index contributed by atoms with van der Waals surface area (Å²) < 4.78 is 24.8. The molecule has 1 fully saturated rings. The molecule has 1 atom stereocenters. The van der Waals surface area contributed by atoms with Gasteiger partial charge in [-0.3, -0.25) is 0 Å². The summed E-state index contributed by atoms with van der Waals surface area (Å²) in [5.74, 6) is 1.88. The van der Waals surface area contributed by atoms with Crippen molar-refractivity contribution < 1.29 is 8.42 Å². The second kappa shape index (κ2) is 5.29. The molecule has 0 bridgehead atoms. The maximum atomic E-state index is 11.5. The van der Waals surface area contributed by atoms with Crippen molar-refractivity contribution in [3.63, 3.8) is 0 Å². The number of fused-ring (bicyclic) bond motifs is 1. The molecule has 7 heteroatoms. The van der Waals surface area contributed by atoms with Crippen LogP contribution in [0.1, 0.15) is 31.9 Å². The van der Waals surface area contributed by atoms with Gasteiger partial charge >= 0.3 is 0 Å². The molecule has 1 unspecified atom stereocenters. The van der Waals surface area contributed by atoms with Gasteiger partial charge in [-0.1, -0.05) is 13.8 Å². The van der Waals surface area contributed by atoms with Gasteiger partial charge < -0.3 is 5.32 Å². The summed E-state index contributed by atoms with van der Waals surface area (Å²) in [6.45, 7) is 4.84. The second-order valence-corrected chi connectivity index (χ2v) is 8.21. The van der Waals surface area contributed by atoms with Crippen molar-refractivity contribution in [2.75, 3.05) is 23.4 Å². The van der Waals surface area contributed by atoms with Gasteiger partial charge in [-0.05, 0) is 24.3 Å². The van der Waals surface area contributed by atoms with E-state index in [0.717, 1.165) is 23.4 Å². The van der Waals surface area contributed by atoms with E-state index in [2.05, 4.69) is 29.2 Å². The highest BCUT2D eigenvalue weighted by molar-refractivity contribution is 7.91. The summed E-state index contributed by atoms with van der Waals surface area (Å²) in [5.41, 5.74) is 1.96. The van der Waals surface area contributed by atoms with Crippen LogP contribution in [-0.2, 0) is 9.84 Å². The molecule has 0 amide bonds. The Morgan fingerprint density at radius 1 is 1.48 bits per heavy atom. The molecule has 2 aromatic rings. The highest BCUT2D eigenvalue weighted by Gasteiger charge is 2.27. The van der Waals surface area contributed by atoms with Gasteiger partial charge in [-0.25, -0.2) is 17.9 Å². The minimum Gasteiger partial charge on any atom is -0.368 e. The van der Waals surface area contributed by atoms with Crippen LogP contribution in [0.15, 0.2) is 18.5 Å². The highest BCUT2D eigenvalue weighted by Crippen LogP contribution is 2.22. The number of sulfone groups is 1. The molecule has 1 N–H and O–H groups in total. The average Bonchev–Trinajstić information content (AvgIpc) is 2.99. The van der Waals surface area contributed by atoms with Crippen molar-refractivity contribution in [2.24, 2.45) is 5.92 Å². The molecule has 21 heavy (non-hydrogen) atoms. The lowest BCUT2D eigenvalue weighted by atomic mass is 10.1. The Labute approximate surface area is 124 Å². The number of hydrogen-bond acceptors (Lipinski definition) is 5. The van der Waals surface area contributed by atoms with E-state index in [1.165, 1.54) is 0 Å². The SMILES string of the molecule is CC(C)c1cc2c(NCC3CCS(=O)(=O)C3)nccn2n1. The Morgan fingerprint density at radius 2 is 2.29 bits per heavy atom. The van der Waals surface area contributed by atoms with Gasteiger partial charge in [0.15, 0.2) is 15.7 Å². The van der Waals surface area contributed by atoms with Gasteiger partial charge in [0.05, 0.1) is 17.2 Å². The van der Waals surface area contributed by atoms with Crippen molar-refractivity contribution in [1.29, 1.82) is 0 Å². The summed E-state index contributed by atoms with van der Waals surface area (Å²) in [5, 5.41) is 7.80. The summed E-state index contributed by atoms with van der Waals surface area (Å²) in [7, 11) is -2.83. The predicted molar refractivity (Wildman–Crippen MR) is 82.3 cm³/mol. The zero-order valence-electron chi connectivity index (χ0n) is 12.3. The number of rotatable bonds is 4. The van der Waals surface area contributed by atoms with Crippen LogP contribution in [0.3, 0.4) is 0 Å². The smallest absolute Gasteiger partial charge is 0.152 e. The Bertz CT molecular complexity index is 751. The quantitative estimate of drug-likeness (QED) is 0.930. The minimum atomic E-state index is -2.83. The summed E-state index contributed by atoms with van der Waals surface area (Å²) in [6.07, 6.45) is 4.26. The van der Waals surface area contributed by atoms with Crippen LogP contribution in [0.2, 0.25) is 0 Å². The normalized spacial score (nSPS) is 21.2. The zero-order chi connectivity index (χ0) is 15.0. The van der Waals surface area contributed by atoms with Crippen LogP contribution >= 0.6 is 0 Å². The van der Waals surface area contributed by atoms with Crippen molar-refractivity contribution in [3.8, 4) is 0 Å². The summed E-state index contributed by atoms with van der Waals surface area (Å²) in [6, 6.07) is 2.03. The van der Waals surface area contributed by atoms with Gasteiger partial charge in [0.25, 0.3) is 0 Å². The third kappa shape index (κ3) is 3.02. The highest BCUT2D eigenvalue weighted by atomic mass is 32.2. The molecular weight excluding hydrogens is 288 g/mol. The average molecular weight is 308 g/mol. The van der Waals surface area contributed by atoms with Crippen LogP contribution in [0.5, 0.6) is 0 Å². The topological polar surface area (TPSA) is 76.4 Å². The first kappa shape index (κ1) is 14.3. The summed E-state index contributed by atoms with van der Waals surface area (Å²) >= 11 is 0. The van der Waals surface area contributed by atoms with E-state index in [0.29, 0.717) is 18.2 Å². The molecule has 114 valence electrons. The van der Waals surface area contributed by atoms with E-state index in [-0.39, 0.29) is 11.7 Å². The third-order valence-electron chi connectivity index (χ3n) is 3.89.